The Balaban J connectivity index is 1.91. The van der Waals surface area contributed by atoms with Crippen LogP contribution in [0.4, 0.5) is 5.69 Å². The number of pyridine rings is 1. The second-order valence-corrected chi connectivity index (χ2v) is 7.60. The summed E-state index contributed by atoms with van der Waals surface area (Å²) in [5.74, 6) is -0.178. The van der Waals surface area contributed by atoms with Crippen LogP contribution in [0, 0.1) is 0 Å². The molecule has 134 valence electrons. The van der Waals surface area contributed by atoms with Gasteiger partial charge >= 0.3 is 0 Å². The molecule has 0 fully saturated rings. The molecule has 8 heteroatoms. The Kier molecular flexibility index (Phi) is 7.39. The predicted octanol–water partition coefficient (Wildman–Crippen LogP) is 2.81. The van der Waals surface area contributed by atoms with E-state index in [0.29, 0.717) is 18.0 Å². The molecule has 1 atom stereocenters. The fourth-order valence-electron chi connectivity index (χ4n) is 2.03. The lowest BCUT2D eigenvalue weighted by molar-refractivity contribution is -0.113. The molecule has 1 aromatic carbocycles. The number of carbonyl (C=O) groups is 1. The minimum absolute atomic E-state index is 0.0900. The maximum atomic E-state index is 12.2. The molecular weight excluding hydrogens is 408 g/mol. The number of H-pyrrole nitrogens is 1. The number of para-hydroxylation sites is 1. The van der Waals surface area contributed by atoms with Crippen molar-refractivity contribution < 1.29 is 13.7 Å². The van der Waals surface area contributed by atoms with Crippen molar-refractivity contribution in [1.29, 1.82) is 0 Å². The molecule has 1 amide bonds. The number of aromatic nitrogens is 1. The lowest BCUT2D eigenvalue weighted by Crippen LogP contribution is -2.21. The van der Waals surface area contributed by atoms with Crippen molar-refractivity contribution in [1.82, 2.24) is 4.98 Å². The first-order valence-electron chi connectivity index (χ1n) is 7.73. The number of benzene rings is 1. The molecule has 0 spiro atoms. The highest BCUT2D eigenvalue weighted by Crippen LogP contribution is 2.21. The largest absolute Gasteiger partial charge is 0.488 e. The fraction of sp³-hybridized carbons (Fsp3) is 0.294. The highest BCUT2D eigenvalue weighted by atomic mass is 79.9. The average Bonchev–Trinajstić information content (AvgIpc) is 2.56. The molecule has 0 aliphatic carbocycles. The molecule has 1 unspecified atom stereocenters. The summed E-state index contributed by atoms with van der Waals surface area (Å²) in [5, 5.41) is 2.70. The van der Waals surface area contributed by atoms with Gasteiger partial charge in [0.2, 0.25) is 11.3 Å². The molecule has 6 nitrogen and oxygen atoms in total. The summed E-state index contributed by atoms with van der Waals surface area (Å²) >= 11 is 3.34. The van der Waals surface area contributed by atoms with E-state index in [9.17, 15) is 13.8 Å². The van der Waals surface area contributed by atoms with Crippen LogP contribution in [0.3, 0.4) is 0 Å². The minimum Gasteiger partial charge on any atom is -0.488 e. The first-order valence-corrected chi connectivity index (χ1v) is 10.0. The van der Waals surface area contributed by atoms with Gasteiger partial charge in [-0.25, -0.2) is 0 Å². The Morgan fingerprint density at radius 1 is 1.36 bits per heavy atom. The van der Waals surface area contributed by atoms with E-state index in [1.54, 1.807) is 18.2 Å². The molecule has 2 rings (SSSR count). The summed E-state index contributed by atoms with van der Waals surface area (Å²) in [6.45, 7) is 2.41. The van der Waals surface area contributed by atoms with Gasteiger partial charge in [-0.15, -0.1) is 0 Å². The van der Waals surface area contributed by atoms with Crippen LogP contribution >= 0.6 is 15.9 Å². The standard InChI is InChI=1S/C17H19BrN2O4S/c1-2-7-24-16-9-19-12(8-15(16)21)10-25(23)11-17(22)20-14-6-4-3-5-13(14)18/h3-6,8-9H,2,7,10-11H2,1H3,(H,19,21)(H,20,22). The monoisotopic (exact) mass is 426 g/mol. The van der Waals surface area contributed by atoms with Crippen molar-refractivity contribution in [2.75, 3.05) is 17.7 Å². The number of ether oxygens (including phenoxy) is 1. The van der Waals surface area contributed by atoms with E-state index in [1.807, 2.05) is 13.0 Å². The molecule has 0 bridgehead atoms. The van der Waals surface area contributed by atoms with Gasteiger partial charge < -0.3 is 15.0 Å². The van der Waals surface area contributed by atoms with Gasteiger partial charge in [-0.1, -0.05) is 19.1 Å². The van der Waals surface area contributed by atoms with Crippen LogP contribution in [0.1, 0.15) is 19.0 Å². The van der Waals surface area contributed by atoms with E-state index in [-0.39, 0.29) is 28.6 Å². The van der Waals surface area contributed by atoms with Gasteiger partial charge in [0.1, 0.15) is 5.75 Å². The number of amides is 1. The van der Waals surface area contributed by atoms with Crippen molar-refractivity contribution in [3.05, 3.63) is 56.9 Å². The molecule has 25 heavy (non-hydrogen) atoms. The average molecular weight is 427 g/mol. The van der Waals surface area contributed by atoms with Gasteiger partial charge in [0, 0.05) is 33.2 Å². The molecule has 1 aromatic heterocycles. The Bertz CT molecular complexity index is 822. The number of nitrogens with one attached hydrogen (secondary N) is 2. The van der Waals surface area contributed by atoms with Crippen molar-refractivity contribution in [3.8, 4) is 5.75 Å². The molecular formula is C17H19BrN2O4S. The smallest absolute Gasteiger partial charge is 0.237 e. The van der Waals surface area contributed by atoms with Crippen LogP contribution in [0.2, 0.25) is 0 Å². The zero-order valence-corrected chi connectivity index (χ0v) is 16.1. The molecule has 2 aromatic rings. The maximum absolute atomic E-state index is 12.2. The van der Waals surface area contributed by atoms with Crippen molar-refractivity contribution >= 4 is 38.3 Å². The number of hydrogen-bond acceptors (Lipinski definition) is 4. The minimum atomic E-state index is -1.44. The van der Waals surface area contributed by atoms with Crippen LogP contribution in [0.25, 0.3) is 0 Å². The highest BCUT2D eigenvalue weighted by molar-refractivity contribution is 9.10. The topological polar surface area (TPSA) is 88.3 Å². The first kappa shape index (κ1) is 19.4. The van der Waals surface area contributed by atoms with Gasteiger partial charge in [0.05, 0.1) is 18.0 Å². The summed E-state index contributed by atoms with van der Waals surface area (Å²) in [6.07, 6.45) is 2.27. The zero-order valence-electron chi connectivity index (χ0n) is 13.7. The summed E-state index contributed by atoms with van der Waals surface area (Å²) in [6, 6.07) is 8.54. The molecule has 0 saturated heterocycles. The Morgan fingerprint density at radius 3 is 2.80 bits per heavy atom. The van der Waals surface area contributed by atoms with Crippen LogP contribution in [0.15, 0.2) is 45.8 Å². The van der Waals surface area contributed by atoms with E-state index >= 15 is 0 Å². The van der Waals surface area contributed by atoms with Gasteiger partial charge in [-0.2, -0.15) is 0 Å². The van der Waals surface area contributed by atoms with E-state index in [4.69, 9.17) is 4.74 Å². The number of halogens is 1. The normalized spacial score (nSPS) is 11.8. The third-order valence-corrected chi connectivity index (χ3v) is 5.06. The van der Waals surface area contributed by atoms with E-state index in [1.165, 1.54) is 12.3 Å². The van der Waals surface area contributed by atoms with Gasteiger partial charge in [0.25, 0.3) is 0 Å². The highest BCUT2D eigenvalue weighted by Gasteiger charge is 2.12. The van der Waals surface area contributed by atoms with Gasteiger partial charge in [-0.05, 0) is 34.5 Å². The van der Waals surface area contributed by atoms with Crippen LogP contribution in [-0.2, 0) is 21.3 Å². The molecule has 0 aliphatic rings. The number of carbonyl (C=O) groups excluding carboxylic acids is 1. The SMILES string of the molecule is CCCOc1c[nH]c(CS(=O)CC(=O)Nc2ccccc2Br)cc1=O. The van der Waals surface area contributed by atoms with Gasteiger partial charge in [0.15, 0.2) is 5.75 Å². The molecule has 2 N–H and O–H groups in total. The van der Waals surface area contributed by atoms with Crippen LogP contribution < -0.4 is 15.5 Å². The summed E-state index contributed by atoms with van der Waals surface area (Å²) < 4.78 is 18.2. The van der Waals surface area contributed by atoms with E-state index in [0.717, 1.165) is 10.9 Å². The van der Waals surface area contributed by atoms with Crippen molar-refractivity contribution in [2.24, 2.45) is 0 Å². The van der Waals surface area contributed by atoms with Crippen LogP contribution in [-0.4, -0.2) is 27.5 Å². The van der Waals surface area contributed by atoms with E-state index in [2.05, 4.69) is 26.2 Å². The third-order valence-electron chi connectivity index (χ3n) is 3.16. The molecule has 0 saturated carbocycles. The molecule has 1 heterocycles. The lowest BCUT2D eigenvalue weighted by atomic mass is 10.3. The second kappa shape index (κ2) is 9.53. The van der Waals surface area contributed by atoms with Gasteiger partial charge in [-0.3, -0.25) is 13.8 Å². The van der Waals surface area contributed by atoms with Crippen molar-refractivity contribution in [2.45, 2.75) is 19.1 Å². The van der Waals surface area contributed by atoms with Crippen LogP contribution in [0.5, 0.6) is 5.75 Å². The Hall–Kier alpha value is -1.93. The summed E-state index contributed by atoms with van der Waals surface area (Å²) in [5.41, 5.74) is 0.855. The fourth-order valence-corrected chi connectivity index (χ4v) is 3.39. The number of aromatic amines is 1. The number of anilines is 1. The quantitative estimate of drug-likeness (QED) is 0.678. The number of rotatable bonds is 8. The number of hydrogen-bond donors (Lipinski definition) is 2. The zero-order chi connectivity index (χ0) is 18.2. The van der Waals surface area contributed by atoms with E-state index < -0.39 is 10.8 Å². The summed E-state index contributed by atoms with van der Waals surface area (Å²) in [4.78, 5) is 26.8. The molecule has 0 aliphatic heterocycles. The second-order valence-electron chi connectivity index (χ2n) is 5.29. The first-order chi connectivity index (χ1) is 12.0. The maximum Gasteiger partial charge on any atom is 0.237 e. The summed E-state index contributed by atoms with van der Waals surface area (Å²) in [7, 11) is -1.44. The third kappa shape index (κ3) is 6.13. The van der Waals surface area contributed by atoms with Crippen molar-refractivity contribution in [3.63, 3.8) is 0 Å². The Labute approximate surface area is 156 Å². The predicted molar refractivity (Wildman–Crippen MR) is 102 cm³/mol. The Morgan fingerprint density at radius 2 is 2.12 bits per heavy atom. The lowest BCUT2D eigenvalue weighted by Gasteiger charge is -2.08. The molecule has 0 radical (unpaired) electrons.